The van der Waals surface area contributed by atoms with E-state index in [1.165, 1.54) is 0 Å². The molecule has 0 saturated carbocycles. The zero-order chi connectivity index (χ0) is 21.1. The van der Waals surface area contributed by atoms with Gasteiger partial charge in [-0.1, -0.05) is 54.1 Å². The monoisotopic (exact) mass is 440 g/mol. The van der Waals surface area contributed by atoms with Crippen LogP contribution in [0.15, 0.2) is 72.8 Å². The smallest absolute Gasteiger partial charge is 0.258 e. The van der Waals surface area contributed by atoms with Gasteiger partial charge in [0.1, 0.15) is 0 Å². The third-order valence-electron chi connectivity index (χ3n) is 5.07. The maximum Gasteiger partial charge on any atom is 0.258 e. The molecule has 1 amide bonds. The molecule has 1 aliphatic heterocycles. The summed E-state index contributed by atoms with van der Waals surface area (Å²) in [5.41, 5.74) is 4.11. The van der Waals surface area contributed by atoms with Gasteiger partial charge in [0.2, 0.25) is 10.0 Å². The summed E-state index contributed by atoms with van der Waals surface area (Å²) in [6.07, 6.45) is 0.735. The summed E-state index contributed by atoms with van der Waals surface area (Å²) in [4.78, 5) is 14.6. The first-order valence-electron chi connectivity index (χ1n) is 9.62. The van der Waals surface area contributed by atoms with Crippen LogP contribution < -0.4 is 9.62 Å². The fraction of sp³-hybridized carbons (Fsp3) is 0.174. The number of amides is 1. The van der Waals surface area contributed by atoms with Gasteiger partial charge in [-0.25, -0.2) is 13.1 Å². The van der Waals surface area contributed by atoms with Crippen molar-refractivity contribution < 1.29 is 13.2 Å². The molecule has 1 heterocycles. The van der Waals surface area contributed by atoms with Crippen LogP contribution in [0, 0.1) is 0 Å². The number of hydrogen-bond donors (Lipinski definition) is 1. The van der Waals surface area contributed by atoms with E-state index in [1.807, 2.05) is 36.4 Å². The lowest BCUT2D eigenvalue weighted by molar-refractivity contribution is 0.0989. The van der Waals surface area contributed by atoms with Gasteiger partial charge in [-0.3, -0.25) is 4.79 Å². The van der Waals surface area contributed by atoms with E-state index < -0.39 is 10.0 Å². The molecule has 154 valence electrons. The largest absolute Gasteiger partial charge is 0.308 e. The minimum atomic E-state index is -3.44. The molecule has 0 aromatic heterocycles. The average molecular weight is 441 g/mol. The summed E-state index contributed by atoms with van der Waals surface area (Å²) in [6, 6.07) is 21.6. The zero-order valence-electron chi connectivity index (χ0n) is 16.2. The van der Waals surface area contributed by atoms with E-state index in [2.05, 4.69) is 4.72 Å². The van der Waals surface area contributed by atoms with Crippen LogP contribution in [0.1, 0.15) is 27.0 Å². The summed E-state index contributed by atoms with van der Waals surface area (Å²) >= 11 is 5.91. The number of fused-ring (bicyclic) bond motifs is 1. The molecule has 1 aliphatic rings. The predicted octanol–water partition coefficient (Wildman–Crippen LogP) is 4.16. The molecule has 4 rings (SSSR count). The van der Waals surface area contributed by atoms with Crippen LogP contribution >= 0.6 is 11.6 Å². The molecule has 0 aliphatic carbocycles. The number of carbonyl (C=O) groups excluding carboxylic acids is 1. The lowest BCUT2D eigenvalue weighted by Gasteiger charge is -2.18. The van der Waals surface area contributed by atoms with Crippen LogP contribution in [0.25, 0.3) is 0 Å². The van der Waals surface area contributed by atoms with Gasteiger partial charge in [-0.05, 0) is 53.4 Å². The molecule has 0 spiro atoms. The Morgan fingerprint density at radius 1 is 0.967 bits per heavy atom. The summed E-state index contributed by atoms with van der Waals surface area (Å²) < 4.78 is 27.4. The summed E-state index contributed by atoms with van der Waals surface area (Å²) in [5.74, 6) is -0.121. The van der Waals surface area contributed by atoms with Crippen molar-refractivity contribution in [2.45, 2.75) is 18.7 Å². The fourth-order valence-corrected chi connectivity index (χ4v) is 4.81. The molecule has 3 aromatic rings. The fourth-order valence-electron chi connectivity index (χ4n) is 3.56. The Morgan fingerprint density at radius 2 is 1.70 bits per heavy atom. The van der Waals surface area contributed by atoms with E-state index in [0.717, 1.165) is 28.8 Å². The normalized spacial score (nSPS) is 13.3. The van der Waals surface area contributed by atoms with Crippen molar-refractivity contribution in [3.05, 3.63) is 100 Å². The van der Waals surface area contributed by atoms with Crippen molar-refractivity contribution in [3.63, 3.8) is 0 Å². The van der Waals surface area contributed by atoms with Crippen LogP contribution in [0.2, 0.25) is 5.02 Å². The molecular weight excluding hydrogens is 420 g/mol. The van der Waals surface area contributed by atoms with Crippen molar-refractivity contribution in [1.29, 1.82) is 0 Å². The molecule has 7 heteroatoms. The highest BCUT2D eigenvalue weighted by molar-refractivity contribution is 7.88. The number of sulfonamides is 1. The molecule has 30 heavy (non-hydrogen) atoms. The zero-order valence-corrected chi connectivity index (χ0v) is 17.8. The van der Waals surface area contributed by atoms with E-state index in [4.69, 9.17) is 11.6 Å². The maximum atomic E-state index is 12.8. The number of benzene rings is 3. The van der Waals surface area contributed by atoms with Crippen LogP contribution in [0.5, 0.6) is 0 Å². The maximum absolute atomic E-state index is 12.8. The van der Waals surface area contributed by atoms with Gasteiger partial charge >= 0.3 is 0 Å². The van der Waals surface area contributed by atoms with Gasteiger partial charge in [0, 0.05) is 29.4 Å². The summed E-state index contributed by atoms with van der Waals surface area (Å²) in [6.45, 7) is 0.813. The number of rotatable bonds is 6. The average Bonchev–Trinajstić information content (AvgIpc) is 3.16. The quantitative estimate of drug-likeness (QED) is 0.625. The third-order valence-corrected chi connectivity index (χ3v) is 6.62. The highest BCUT2D eigenvalue weighted by Crippen LogP contribution is 2.30. The second-order valence-electron chi connectivity index (χ2n) is 7.24. The van der Waals surface area contributed by atoms with E-state index >= 15 is 0 Å². The molecular formula is C23H21ClN2O3S. The lowest BCUT2D eigenvalue weighted by atomic mass is 10.1. The van der Waals surface area contributed by atoms with Crippen molar-refractivity contribution in [2.75, 3.05) is 11.4 Å². The minimum absolute atomic E-state index is 0.0534. The summed E-state index contributed by atoms with van der Waals surface area (Å²) in [5, 5.41) is 0.590. The topological polar surface area (TPSA) is 66.5 Å². The molecule has 5 nitrogen and oxygen atoms in total. The Bertz CT molecular complexity index is 1160. The predicted molar refractivity (Wildman–Crippen MR) is 119 cm³/mol. The van der Waals surface area contributed by atoms with Crippen molar-refractivity contribution in [3.8, 4) is 0 Å². The van der Waals surface area contributed by atoms with Crippen LogP contribution in [-0.2, 0) is 28.7 Å². The summed E-state index contributed by atoms with van der Waals surface area (Å²) in [7, 11) is -3.44. The Balaban J connectivity index is 1.43. The minimum Gasteiger partial charge on any atom is -0.308 e. The SMILES string of the molecule is O=C(c1ccc(Cl)cc1)N1CCc2cc(CNS(=O)(=O)Cc3ccccc3)ccc21. The Labute approximate surface area is 181 Å². The van der Waals surface area contributed by atoms with E-state index in [9.17, 15) is 13.2 Å². The molecule has 0 saturated heterocycles. The first kappa shape index (κ1) is 20.6. The number of nitrogens with zero attached hydrogens (tertiary/aromatic N) is 1. The molecule has 0 bridgehead atoms. The molecule has 0 radical (unpaired) electrons. The Kier molecular flexibility index (Phi) is 5.90. The molecule has 1 N–H and O–H groups in total. The lowest BCUT2D eigenvalue weighted by Crippen LogP contribution is -2.28. The highest BCUT2D eigenvalue weighted by atomic mass is 35.5. The third kappa shape index (κ3) is 4.73. The van der Waals surface area contributed by atoms with Gasteiger partial charge in [-0.15, -0.1) is 0 Å². The molecule has 0 fully saturated rings. The molecule has 3 aromatic carbocycles. The first-order valence-corrected chi connectivity index (χ1v) is 11.6. The van der Waals surface area contributed by atoms with E-state index in [0.29, 0.717) is 17.1 Å². The second kappa shape index (κ2) is 8.60. The van der Waals surface area contributed by atoms with Gasteiger partial charge < -0.3 is 4.90 Å². The van der Waals surface area contributed by atoms with Crippen molar-refractivity contribution >= 4 is 33.2 Å². The van der Waals surface area contributed by atoms with Gasteiger partial charge in [-0.2, -0.15) is 0 Å². The number of anilines is 1. The van der Waals surface area contributed by atoms with Gasteiger partial charge in [0.25, 0.3) is 5.91 Å². The number of hydrogen-bond acceptors (Lipinski definition) is 3. The standard InChI is InChI=1S/C23H21ClN2O3S/c24-21-9-7-19(8-10-21)23(27)26-13-12-20-14-18(6-11-22(20)26)15-25-30(28,29)16-17-4-2-1-3-5-17/h1-11,14,25H,12-13,15-16H2. The van der Waals surface area contributed by atoms with Crippen molar-refractivity contribution in [1.82, 2.24) is 4.72 Å². The van der Waals surface area contributed by atoms with Gasteiger partial charge in [0.15, 0.2) is 0 Å². The number of nitrogens with one attached hydrogen (secondary N) is 1. The number of carbonyl (C=O) groups is 1. The molecule has 0 atom stereocenters. The number of halogens is 1. The first-order chi connectivity index (χ1) is 14.4. The van der Waals surface area contributed by atoms with Crippen LogP contribution in [0.3, 0.4) is 0 Å². The molecule has 0 unspecified atom stereocenters. The van der Waals surface area contributed by atoms with Gasteiger partial charge in [0.05, 0.1) is 5.75 Å². The van der Waals surface area contributed by atoms with E-state index in [1.54, 1.807) is 41.3 Å². The van der Waals surface area contributed by atoms with E-state index in [-0.39, 0.29) is 18.2 Å². The second-order valence-corrected chi connectivity index (χ2v) is 9.49. The Morgan fingerprint density at radius 3 is 2.43 bits per heavy atom. The van der Waals surface area contributed by atoms with Crippen LogP contribution in [-0.4, -0.2) is 20.9 Å². The highest BCUT2D eigenvalue weighted by Gasteiger charge is 2.25. The Hall–Kier alpha value is -2.67. The van der Waals surface area contributed by atoms with Crippen LogP contribution in [0.4, 0.5) is 5.69 Å². The van der Waals surface area contributed by atoms with Crippen molar-refractivity contribution in [2.24, 2.45) is 0 Å².